The van der Waals surface area contributed by atoms with Gasteiger partial charge in [-0.05, 0) is 31.9 Å². The zero-order valence-electron chi connectivity index (χ0n) is 10.5. The number of nitrogens with one attached hydrogen (secondary N) is 1. The Bertz CT molecular complexity index is 448. The van der Waals surface area contributed by atoms with Crippen molar-refractivity contribution in [2.75, 3.05) is 5.32 Å². The Balaban J connectivity index is 2.08. The number of hydrogen-bond acceptors (Lipinski definition) is 4. The molecule has 4 N–H and O–H groups in total. The number of carbonyl (C=O) groups excluding carboxylic acids is 1. The highest BCUT2D eigenvalue weighted by atomic mass is 16.3. The molecule has 1 aliphatic carbocycles. The van der Waals surface area contributed by atoms with Crippen LogP contribution in [0.3, 0.4) is 0 Å². The van der Waals surface area contributed by atoms with Crippen molar-refractivity contribution in [1.82, 2.24) is 4.98 Å². The third kappa shape index (κ3) is 2.79. The van der Waals surface area contributed by atoms with Crippen LogP contribution in [0.4, 0.5) is 5.82 Å². The SMILES string of the molecule is Cc1ccc(O)c(NC(=O)C2CCCCC2N)n1. The van der Waals surface area contributed by atoms with Crippen LogP contribution in [0.5, 0.6) is 5.75 Å². The van der Waals surface area contributed by atoms with Crippen molar-refractivity contribution >= 4 is 11.7 Å². The lowest BCUT2D eigenvalue weighted by Crippen LogP contribution is -2.40. The topological polar surface area (TPSA) is 88.2 Å². The van der Waals surface area contributed by atoms with Gasteiger partial charge in [-0.2, -0.15) is 0 Å². The lowest BCUT2D eigenvalue weighted by Gasteiger charge is -2.27. The van der Waals surface area contributed by atoms with E-state index in [9.17, 15) is 9.90 Å². The molecule has 5 nitrogen and oxygen atoms in total. The summed E-state index contributed by atoms with van der Waals surface area (Å²) in [6, 6.07) is 3.13. The second-order valence-corrected chi connectivity index (χ2v) is 4.86. The van der Waals surface area contributed by atoms with Gasteiger partial charge in [0, 0.05) is 11.7 Å². The highest BCUT2D eigenvalue weighted by molar-refractivity contribution is 5.93. The minimum absolute atomic E-state index is 0.0154. The zero-order chi connectivity index (χ0) is 13.1. The van der Waals surface area contributed by atoms with Crippen LogP contribution in [0, 0.1) is 12.8 Å². The van der Waals surface area contributed by atoms with Crippen LogP contribution in [0.2, 0.25) is 0 Å². The van der Waals surface area contributed by atoms with Gasteiger partial charge in [-0.3, -0.25) is 4.79 Å². The van der Waals surface area contributed by atoms with E-state index in [4.69, 9.17) is 5.73 Å². The van der Waals surface area contributed by atoms with Crippen molar-refractivity contribution in [3.63, 3.8) is 0 Å². The molecule has 2 rings (SSSR count). The first-order chi connectivity index (χ1) is 8.58. The lowest BCUT2D eigenvalue weighted by atomic mass is 9.84. The van der Waals surface area contributed by atoms with Gasteiger partial charge in [-0.25, -0.2) is 4.98 Å². The molecule has 18 heavy (non-hydrogen) atoms. The predicted octanol–water partition coefficient (Wildman–Crippen LogP) is 1.55. The molecule has 98 valence electrons. The fourth-order valence-electron chi connectivity index (χ4n) is 2.34. The number of pyridine rings is 1. The summed E-state index contributed by atoms with van der Waals surface area (Å²) in [6.07, 6.45) is 3.79. The van der Waals surface area contributed by atoms with Crippen LogP contribution in [0.1, 0.15) is 31.4 Å². The van der Waals surface area contributed by atoms with Crippen molar-refractivity contribution in [3.05, 3.63) is 17.8 Å². The van der Waals surface area contributed by atoms with Gasteiger partial charge in [0.25, 0.3) is 0 Å². The molecule has 5 heteroatoms. The molecule has 0 radical (unpaired) electrons. The molecule has 0 aromatic carbocycles. The molecule has 0 bridgehead atoms. The number of nitrogens with two attached hydrogens (primary N) is 1. The van der Waals surface area contributed by atoms with Crippen LogP contribution < -0.4 is 11.1 Å². The van der Waals surface area contributed by atoms with E-state index in [0.717, 1.165) is 31.4 Å². The van der Waals surface area contributed by atoms with Gasteiger partial charge in [0.2, 0.25) is 5.91 Å². The maximum Gasteiger partial charge on any atom is 0.230 e. The maximum atomic E-state index is 12.1. The van der Waals surface area contributed by atoms with Gasteiger partial charge >= 0.3 is 0 Å². The molecule has 2 atom stereocenters. The summed E-state index contributed by atoms with van der Waals surface area (Å²) in [7, 11) is 0. The summed E-state index contributed by atoms with van der Waals surface area (Å²) in [5, 5.41) is 12.3. The van der Waals surface area contributed by atoms with E-state index in [1.807, 2.05) is 0 Å². The summed E-state index contributed by atoms with van der Waals surface area (Å²) in [6.45, 7) is 1.81. The number of nitrogens with zero attached hydrogens (tertiary/aromatic N) is 1. The number of aromatic hydroxyl groups is 1. The molecular weight excluding hydrogens is 230 g/mol. The van der Waals surface area contributed by atoms with Crippen LogP contribution in [-0.4, -0.2) is 22.0 Å². The van der Waals surface area contributed by atoms with Crippen molar-refractivity contribution in [2.24, 2.45) is 11.7 Å². The molecule has 1 aromatic rings. The van der Waals surface area contributed by atoms with Gasteiger partial charge in [0.05, 0.1) is 5.92 Å². The lowest BCUT2D eigenvalue weighted by molar-refractivity contribution is -0.121. The van der Waals surface area contributed by atoms with E-state index in [0.29, 0.717) is 0 Å². The van der Waals surface area contributed by atoms with E-state index in [-0.39, 0.29) is 29.4 Å². The standard InChI is InChI=1S/C13H19N3O2/c1-8-6-7-11(17)12(15-8)16-13(18)9-4-2-3-5-10(9)14/h6-7,9-10,17H,2-5,14H2,1H3,(H,15,16,18). The Kier molecular flexibility index (Phi) is 3.81. The molecule has 1 amide bonds. The van der Waals surface area contributed by atoms with Crippen molar-refractivity contribution < 1.29 is 9.90 Å². The zero-order valence-corrected chi connectivity index (χ0v) is 10.5. The summed E-state index contributed by atoms with van der Waals surface area (Å²) in [5.74, 6) is -0.118. The molecule has 1 aromatic heterocycles. The minimum Gasteiger partial charge on any atom is -0.504 e. The number of amides is 1. The first-order valence-electron chi connectivity index (χ1n) is 6.31. The Morgan fingerprint density at radius 3 is 2.89 bits per heavy atom. The molecular formula is C13H19N3O2. The molecule has 2 unspecified atom stereocenters. The molecule has 1 saturated carbocycles. The van der Waals surface area contributed by atoms with Crippen LogP contribution in [-0.2, 0) is 4.79 Å². The Morgan fingerprint density at radius 2 is 2.17 bits per heavy atom. The second kappa shape index (κ2) is 5.35. The van der Waals surface area contributed by atoms with Crippen molar-refractivity contribution in [3.8, 4) is 5.75 Å². The Labute approximate surface area is 106 Å². The number of aryl methyl sites for hydroxylation is 1. The monoisotopic (exact) mass is 249 g/mol. The van der Waals surface area contributed by atoms with Gasteiger partial charge in [-0.15, -0.1) is 0 Å². The van der Waals surface area contributed by atoms with E-state index in [2.05, 4.69) is 10.3 Å². The quantitative estimate of drug-likeness (QED) is 0.742. The average molecular weight is 249 g/mol. The van der Waals surface area contributed by atoms with Crippen molar-refractivity contribution in [1.29, 1.82) is 0 Å². The number of rotatable bonds is 2. The van der Waals surface area contributed by atoms with E-state index < -0.39 is 0 Å². The second-order valence-electron chi connectivity index (χ2n) is 4.86. The molecule has 1 aliphatic rings. The summed E-state index contributed by atoms with van der Waals surface area (Å²) in [4.78, 5) is 16.2. The van der Waals surface area contributed by atoms with E-state index in [1.165, 1.54) is 6.07 Å². The fourth-order valence-corrected chi connectivity index (χ4v) is 2.34. The smallest absolute Gasteiger partial charge is 0.230 e. The molecule has 1 heterocycles. The molecule has 0 spiro atoms. The summed E-state index contributed by atoms with van der Waals surface area (Å²) < 4.78 is 0. The summed E-state index contributed by atoms with van der Waals surface area (Å²) in [5.41, 5.74) is 6.70. The molecule has 0 aliphatic heterocycles. The third-order valence-electron chi connectivity index (χ3n) is 3.41. The number of anilines is 1. The maximum absolute atomic E-state index is 12.1. The van der Waals surface area contributed by atoms with Gasteiger partial charge in [-0.1, -0.05) is 12.8 Å². The predicted molar refractivity (Wildman–Crippen MR) is 69.2 cm³/mol. The van der Waals surface area contributed by atoms with Crippen LogP contribution >= 0.6 is 0 Å². The first kappa shape index (κ1) is 12.8. The Hall–Kier alpha value is -1.62. The highest BCUT2D eigenvalue weighted by Gasteiger charge is 2.28. The van der Waals surface area contributed by atoms with Gasteiger partial charge in [0.1, 0.15) is 0 Å². The van der Waals surface area contributed by atoms with Gasteiger partial charge in [0.15, 0.2) is 11.6 Å². The van der Waals surface area contributed by atoms with Crippen LogP contribution in [0.25, 0.3) is 0 Å². The average Bonchev–Trinajstić information content (AvgIpc) is 2.34. The fraction of sp³-hybridized carbons (Fsp3) is 0.538. The van der Waals surface area contributed by atoms with Crippen LogP contribution in [0.15, 0.2) is 12.1 Å². The van der Waals surface area contributed by atoms with E-state index >= 15 is 0 Å². The number of aromatic nitrogens is 1. The van der Waals surface area contributed by atoms with Crippen molar-refractivity contribution in [2.45, 2.75) is 38.6 Å². The first-order valence-corrected chi connectivity index (χ1v) is 6.31. The number of hydrogen-bond donors (Lipinski definition) is 3. The van der Waals surface area contributed by atoms with E-state index in [1.54, 1.807) is 13.0 Å². The Morgan fingerprint density at radius 1 is 1.44 bits per heavy atom. The normalized spacial score (nSPS) is 23.7. The minimum atomic E-state index is -0.180. The number of carbonyl (C=O) groups is 1. The van der Waals surface area contributed by atoms with Gasteiger partial charge < -0.3 is 16.2 Å². The summed E-state index contributed by atoms with van der Waals surface area (Å²) >= 11 is 0. The third-order valence-corrected chi connectivity index (χ3v) is 3.41. The molecule has 0 saturated heterocycles. The highest BCUT2D eigenvalue weighted by Crippen LogP contribution is 2.26. The largest absolute Gasteiger partial charge is 0.504 e. The molecule has 1 fully saturated rings.